The summed E-state index contributed by atoms with van der Waals surface area (Å²) < 4.78 is 16.8. The van der Waals surface area contributed by atoms with Crippen molar-refractivity contribution in [3.63, 3.8) is 0 Å². The van der Waals surface area contributed by atoms with Gasteiger partial charge in [0.2, 0.25) is 0 Å². The fraction of sp³-hybridized carbons (Fsp3) is 0.758. The van der Waals surface area contributed by atoms with Crippen molar-refractivity contribution >= 4 is 17.9 Å². The van der Waals surface area contributed by atoms with Crippen LogP contribution in [0.15, 0.2) is 72.9 Å². The summed E-state index contributed by atoms with van der Waals surface area (Å²) in [5.41, 5.74) is 0. The van der Waals surface area contributed by atoms with Crippen molar-refractivity contribution in [3.8, 4) is 0 Å². The van der Waals surface area contributed by atoms with Gasteiger partial charge in [-0.2, -0.15) is 0 Å². The maximum Gasteiger partial charge on any atom is 0.306 e. The normalized spacial score (nSPS) is 12.6. The number of carbonyl (C=O) groups is 3. The van der Waals surface area contributed by atoms with Crippen molar-refractivity contribution in [2.45, 2.75) is 290 Å². The van der Waals surface area contributed by atoms with E-state index in [9.17, 15) is 14.4 Å². The molecule has 392 valence electrons. The third-order valence-electron chi connectivity index (χ3n) is 12.4. The van der Waals surface area contributed by atoms with Gasteiger partial charge in [0.05, 0.1) is 0 Å². The first-order chi connectivity index (χ1) is 33.5. The molecule has 1 unspecified atom stereocenters. The van der Waals surface area contributed by atoms with Crippen molar-refractivity contribution in [2.24, 2.45) is 0 Å². The lowest BCUT2D eigenvalue weighted by atomic mass is 10.0. The van der Waals surface area contributed by atoms with Gasteiger partial charge < -0.3 is 14.2 Å². The lowest BCUT2D eigenvalue weighted by Crippen LogP contribution is -2.30. The zero-order chi connectivity index (χ0) is 49.3. The molecule has 6 nitrogen and oxygen atoms in total. The van der Waals surface area contributed by atoms with Crippen LogP contribution in [-0.2, 0) is 28.6 Å². The van der Waals surface area contributed by atoms with E-state index in [2.05, 4.69) is 93.7 Å². The standard InChI is InChI=1S/C62H108O6/c1-4-7-10-13-16-19-21-23-25-27-28-29-30-31-32-33-34-35-37-38-40-43-46-49-52-55-61(64)67-58-59(57-66-60(63)54-51-48-45-42-18-15-12-9-6-3)68-62(65)56-53-50-47-44-41-39-36-26-24-22-20-17-14-11-8-5-2/h7,10,16,19-20,22-23,25-26,28-29,36,59H,4-6,8-9,11-15,17-18,21,24,27,30-35,37-58H2,1-3H3/b10-7-,19-16-,22-20-,25-23-,29-28-,36-26-. The van der Waals surface area contributed by atoms with Crippen LogP contribution in [0.25, 0.3) is 0 Å². The molecule has 0 aliphatic carbocycles. The topological polar surface area (TPSA) is 78.9 Å². The molecule has 0 aliphatic rings. The molecule has 6 heteroatoms. The minimum Gasteiger partial charge on any atom is -0.462 e. The van der Waals surface area contributed by atoms with E-state index in [1.54, 1.807) is 0 Å². The summed E-state index contributed by atoms with van der Waals surface area (Å²) in [5, 5.41) is 0. The van der Waals surface area contributed by atoms with Gasteiger partial charge in [-0.25, -0.2) is 0 Å². The van der Waals surface area contributed by atoms with Gasteiger partial charge in [-0.05, 0) is 89.9 Å². The highest BCUT2D eigenvalue weighted by atomic mass is 16.6. The number of carbonyl (C=O) groups excluding carboxylic acids is 3. The summed E-state index contributed by atoms with van der Waals surface area (Å²) in [5.74, 6) is -0.890. The van der Waals surface area contributed by atoms with Gasteiger partial charge in [-0.3, -0.25) is 14.4 Å². The van der Waals surface area contributed by atoms with Crippen LogP contribution in [0.4, 0.5) is 0 Å². The first-order valence-electron chi connectivity index (χ1n) is 28.9. The zero-order valence-corrected chi connectivity index (χ0v) is 44.9. The fourth-order valence-electron chi connectivity index (χ4n) is 8.11. The molecule has 0 spiro atoms. The zero-order valence-electron chi connectivity index (χ0n) is 44.9. The number of hydrogen-bond acceptors (Lipinski definition) is 6. The molecule has 0 aliphatic heterocycles. The van der Waals surface area contributed by atoms with Crippen molar-refractivity contribution in [1.82, 2.24) is 0 Å². The van der Waals surface area contributed by atoms with Gasteiger partial charge in [0.1, 0.15) is 13.2 Å². The van der Waals surface area contributed by atoms with Crippen molar-refractivity contribution in [2.75, 3.05) is 13.2 Å². The van der Waals surface area contributed by atoms with E-state index in [4.69, 9.17) is 14.2 Å². The monoisotopic (exact) mass is 949 g/mol. The van der Waals surface area contributed by atoms with E-state index in [1.807, 2.05) is 0 Å². The summed E-state index contributed by atoms with van der Waals surface area (Å²) in [4.78, 5) is 38.0. The average Bonchev–Trinajstić information content (AvgIpc) is 3.34. The lowest BCUT2D eigenvalue weighted by molar-refractivity contribution is -0.167. The molecule has 0 amide bonds. The van der Waals surface area contributed by atoms with Gasteiger partial charge in [0, 0.05) is 19.3 Å². The van der Waals surface area contributed by atoms with Crippen LogP contribution in [0.5, 0.6) is 0 Å². The third-order valence-corrected chi connectivity index (χ3v) is 12.4. The molecule has 0 radical (unpaired) electrons. The molecule has 0 aromatic rings. The second-order valence-electron chi connectivity index (χ2n) is 19.2. The van der Waals surface area contributed by atoms with Crippen LogP contribution in [-0.4, -0.2) is 37.2 Å². The van der Waals surface area contributed by atoms with Gasteiger partial charge in [-0.15, -0.1) is 0 Å². The minimum atomic E-state index is -0.780. The van der Waals surface area contributed by atoms with E-state index >= 15 is 0 Å². The Labute approximate surface area is 421 Å². The first-order valence-corrected chi connectivity index (χ1v) is 28.9. The highest BCUT2D eigenvalue weighted by Crippen LogP contribution is 2.16. The number of unbranched alkanes of at least 4 members (excludes halogenated alkanes) is 29. The maximum atomic E-state index is 12.8. The second-order valence-corrected chi connectivity index (χ2v) is 19.2. The van der Waals surface area contributed by atoms with E-state index < -0.39 is 6.10 Å². The molecule has 0 saturated heterocycles. The van der Waals surface area contributed by atoms with E-state index in [-0.39, 0.29) is 31.1 Å². The largest absolute Gasteiger partial charge is 0.462 e. The molecule has 68 heavy (non-hydrogen) atoms. The van der Waals surface area contributed by atoms with Crippen molar-refractivity contribution in [3.05, 3.63) is 72.9 Å². The second kappa shape index (κ2) is 56.4. The summed E-state index contributed by atoms with van der Waals surface area (Å²) >= 11 is 0. The molecule has 0 bridgehead atoms. The Morgan fingerprint density at radius 3 is 0.912 bits per heavy atom. The number of esters is 3. The average molecular weight is 950 g/mol. The van der Waals surface area contributed by atoms with Crippen molar-refractivity contribution in [1.29, 1.82) is 0 Å². The Bertz CT molecular complexity index is 1270. The van der Waals surface area contributed by atoms with Gasteiger partial charge in [0.15, 0.2) is 6.10 Å². The maximum absolute atomic E-state index is 12.8. The Balaban J connectivity index is 4.23. The highest BCUT2D eigenvalue weighted by Gasteiger charge is 2.19. The molecule has 0 fully saturated rings. The predicted molar refractivity (Wildman–Crippen MR) is 293 cm³/mol. The molecule has 0 N–H and O–H groups in total. The van der Waals surface area contributed by atoms with Crippen LogP contribution in [0.1, 0.15) is 284 Å². The first kappa shape index (κ1) is 64.8. The summed E-state index contributed by atoms with van der Waals surface area (Å²) in [6, 6.07) is 0. The molecular formula is C62H108O6. The Morgan fingerprint density at radius 1 is 0.309 bits per heavy atom. The quantitative estimate of drug-likeness (QED) is 0.0262. The SMILES string of the molecule is CC/C=C\C/C=C\C/C=C\C/C=C\CCCCCCCCCCCCCCC(=O)OCC(COC(=O)CCCCCCCCCCC)OC(=O)CCCCCCC/C=C\C/C=C\CCCCCC. The molecule has 0 aromatic heterocycles. The Kier molecular flexibility index (Phi) is 53.8. The Morgan fingerprint density at radius 2 is 0.574 bits per heavy atom. The molecular weight excluding hydrogens is 841 g/mol. The van der Waals surface area contributed by atoms with E-state index in [0.29, 0.717) is 19.3 Å². The smallest absolute Gasteiger partial charge is 0.306 e. The van der Waals surface area contributed by atoms with Crippen LogP contribution in [0.3, 0.4) is 0 Å². The van der Waals surface area contributed by atoms with Crippen LogP contribution < -0.4 is 0 Å². The number of rotatable bonds is 52. The van der Waals surface area contributed by atoms with Crippen molar-refractivity contribution < 1.29 is 28.6 Å². The fourth-order valence-corrected chi connectivity index (χ4v) is 8.11. The molecule has 0 heterocycles. The molecule has 0 saturated carbocycles. The number of ether oxygens (including phenoxy) is 3. The highest BCUT2D eigenvalue weighted by molar-refractivity contribution is 5.71. The van der Waals surface area contributed by atoms with Gasteiger partial charge >= 0.3 is 17.9 Å². The summed E-state index contributed by atoms with van der Waals surface area (Å²) in [7, 11) is 0. The van der Waals surface area contributed by atoms with Crippen LogP contribution in [0.2, 0.25) is 0 Å². The Hall–Kier alpha value is -3.15. The summed E-state index contributed by atoms with van der Waals surface area (Å²) in [6.07, 6.45) is 71.9. The molecule has 0 rings (SSSR count). The lowest BCUT2D eigenvalue weighted by Gasteiger charge is -2.18. The molecule has 0 aromatic carbocycles. The van der Waals surface area contributed by atoms with Crippen LogP contribution >= 0.6 is 0 Å². The third kappa shape index (κ3) is 53.8. The molecule has 1 atom stereocenters. The van der Waals surface area contributed by atoms with Gasteiger partial charge in [-0.1, -0.05) is 248 Å². The van der Waals surface area contributed by atoms with Gasteiger partial charge in [0.25, 0.3) is 0 Å². The number of allylic oxidation sites excluding steroid dienone is 12. The van der Waals surface area contributed by atoms with Crippen LogP contribution in [0, 0.1) is 0 Å². The summed E-state index contributed by atoms with van der Waals surface area (Å²) in [6.45, 7) is 6.49. The predicted octanol–water partition coefficient (Wildman–Crippen LogP) is 19.4. The minimum absolute atomic E-state index is 0.0791. The van der Waals surface area contributed by atoms with E-state index in [0.717, 1.165) is 109 Å². The number of hydrogen-bond donors (Lipinski definition) is 0. The van der Waals surface area contributed by atoms with E-state index in [1.165, 1.54) is 135 Å².